The monoisotopic (exact) mass is 560 g/mol. The van der Waals surface area contributed by atoms with E-state index in [-0.39, 0.29) is 25.6 Å². The highest BCUT2D eigenvalue weighted by molar-refractivity contribution is 6.13. The molecule has 0 radical (unpaired) electrons. The van der Waals surface area contributed by atoms with E-state index in [1.165, 1.54) is 23.8 Å². The number of amides is 4. The molecule has 214 valence electrons. The minimum atomic E-state index is -1.67. The zero-order valence-electron chi connectivity index (χ0n) is 23.1. The lowest BCUT2D eigenvalue weighted by molar-refractivity contribution is -0.145. The largest absolute Gasteiger partial charge is 0.491 e. The Labute approximate surface area is 237 Å². The van der Waals surface area contributed by atoms with E-state index in [1.807, 2.05) is 36.4 Å². The Hall–Kier alpha value is -4.92. The highest BCUT2D eigenvalue weighted by atomic mass is 16.6. The van der Waals surface area contributed by atoms with Gasteiger partial charge in [0, 0.05) is 26.6 Å². The third kappa shape index (κ3) is 6.30. The van der Waals surface area contributed by atoms with Gasteiger partial charge in [0.1, 0.15) is 23.8 Å². The number of hydrazone groups is 1. The minimum absolute atomic E-state index is 0.0626. The van der Waals surface area contributed by atoms with E-state index in [1.54, 1.807) is 31.3 Å². The average Bonchev–Trinajstić information content (AvgIpc) is 3.19. The molecule has 41 heavy (non-hydrogen) atoms. The molecule has 1 fully saturated rings. The number of piperidine rings is 1. The fraction of sp³-hybridized carbons (Fsp3) is 0.379. The van der Waals surface area contributed by atoms with Crippen molar-refractivity contribution in [1.82, 2.24) is 15.2 Å². The molecule has 4 rings (SSSR count). The van der Waals surface area contributed by atoms with Crippen molar-refractivity contribution in [3.05, 3.63) is 65.7 Å². The van der Waals surface area contributed by atoms with Crippen LogP contribution in [-0.4, -0.2) is 77.8 Å². The number of nitriles is 1. The Morgan fingerprint density at radius 3 is 2.49 bits per heavy atom. The van der Waals surface area contributed by atoms with Gasteiger partial charge in [-0.05, 0) is 50.1 Å². The van der Waals surface area contributed by atoms with Crippen LogP contribution in [0.25, 0.3) is 0 Å². The van der Waals surface area contributed by atoms with Crippen molar-refractivity contribution in [2.75, 3.05) is 26.7 Å². The zero-order valence-corrected chi connectivity index (χ0v) is 23.1. The average molecular weight is 561 g/mol. The van der Waals surface area contributed by atoms with Crippen molar-refractivity contribution in [3.63, 3.8) is 0 Å². The molecule has 0 bridgehead atoms. The lowest BCUT2D eigenvalue weighted by atomic mass is 9.73. The summed E-state index contributed by atoms with van der Waals surface area (Å²) in [5.74, 6) is -1.06. The quantitative estimate of drug-likeness (QED) is 0.469. The molecule has 1 saturated heterocycles. The number of fused-ring (bicyclic) bond motifs is 1. The van der Waals surface area contributed by atoms with Gasteiger partial charge in [-0.25, -0.2) is 9.80 Å². The van der Waals surface area contributed by atoms with Gasteiger partial charge in [-0.15, -0.1) is 0 Å². The van der Waals surface area contributed by atoms with Gasteiger partial charge >= 0.3 is 6.09 Å². The number of primary amides is 1. The van der Waals surface area contributed by atoms with Gasteiger partial charge in [-0.2, -0.15) is 10.4 Å². The third-order valence-electron chi connectivity index (χ3n) is 7.17. The van der Waals surface area contributed by atoms with Crippen molar-refractivity contribution >= 4 is 29.5 Å². The summed E-state index contributed by atoms with van der Waals surface area (Å²) in [6.45, 7) is 2.77. The molecule has 2 atom stereocenters. The minimum Gasteiger partial charge on any atom is -0.491 e. The SMILES string of the molecule is CN1N=C2CCN(C(=O)[C@@H](COc3ccc(C#N)cc3)NC(=O)C(C)(C)OC(N)=O)C[C@@]2(Cc2ccccc2)C1=O. The van der Waals surface area contributed by atoms with Crippen LogP contribution in [0.1, 0.15) is 31.4 Å². The number of nitrogens with two attached hydrogens (primary N) is 1. The second-order valence-corrected chi connectivity index (χ2v) is 10.5. The number of hydrogen-bond donors (Lipinski definition) is 2. The van der Waals surface area contributed by atoms with Crippen molar-refractivity contribution in [3.8, 4) is 11.8 Å². The van der Waals surface area contributed by atoms with E-state index >= 15 is 0 Å². The number of benzene rings is 2. The van der Waals surface area contributed by atoms with Crippen LogP contribution >= 0.6 is 0 Å². The lowest BCUT2D eigenvalue weighted by Crippen LogP contribution is -2.61. The number of carbonyl (C=O) groups is 4. The number of hydrogen-bond acceptors (Lipinski definition) is 8. The smallest absolute Gasteiger partial charge is 0.405 e. The molecule has 0 spiro atoms. The van der Waals surface area contributed by atoms with Crippen LogP contribution < -0.4 is 15.8 Å². The van der Waals surface area contributed by atoms with Gasteiger partial charge in [0.15, 0.2) is 5.60 Å². The van der Waals surface area contributed by atoms with Gasteiger partial charge in [0.25, 0.3) is 11.8 Å². The first kappa shape index (κ1) is 29.1. The fourth-order valence-corrected chi connectivity index (χ4v) is 5.05. The topological polar surface area (TPSA) is 167 Å². The molecule has 2 aromatic rings. The molecule has 12 heteroatoms. The summed E-state index contributed by atoms with van der Waals surface area (Å²) in [6.07, 6.45) is -0.406. The fourth-order valence-electron chi connectivity index (χ4n) is 5.05. The molecule has 0 saturated carbocycles. The Morgan fingerprint density at radius 1 is 1.17 bits per heavy atom. The van der Waals surface area contributed by atoms with Gasteiger partial charge in [-0.3, -0.25) is 14.4 Å². The van der Waals surface area contributed by atoms with Crippen LogP contribution in [0.5, 0.6) is 5.75 Å². The highest BCUT2D eigenvalue weighted by Crippen LogP contribution is 2.38. The maximum absolute atomic E-state index is 14.0. The Bertz CT molecular complexity index is 1400. The molecule has 3 N–H and O–H groups in total. The van der Waals surface area contributed by atoms with E-state index in [0.717, 1.165) is 5.56 Å². The summed E-state index contributed by atoms with van der Waals surface area (Å²) in [4.78, 5) is 53.4. The predicted molar refractivity (Wildman–Crippen MR) is 147 cm³/mol. The van der Waals surface area contributed by atoms with Crippen molar-refractivity contribution in [2.45, 2.75) is 38.3 Å². The van der Waals surface area contributed by atoms with Crippen LogP contribution in [0.15, 0.2) is 59.7 Å². The van der Waals surface area contributed by atoms with Crippen LogP contribution in [0.2, 0.25) is 0 Å². The normalized spacial score (nSPS) is 19.0. The van der Waals surface area contributed by atoms with E-state index in [4.69, 9.17) is 20.5 Å². The first-order valence-electron chi connectivity index (χ1n) is 13.1. The van der Waals surface area contributed by atoms with Crippen LogP contribution in [0.4, 0.5) is 4.79 Å². The van der Waals surface area contributed by atoms with Gasteiger partial charge < -0.3 is 25.4 Å². The summed E-state index contributed by atoms with van der Waals surface area (Å²) < 4.78 is 10.8. The number of nitrogens with zero attached hydrogens (tertiary/aromatic N) is 4. The predicted octanol–water partition coefficient (Wildman–Crippen LogP) is 1.59. The number of rotatable bonds is 9. The summed E-state index contributed by atoms with van der Waals surface area (Å²) in [5.41, 5.74) is 4.49. The second kappa shape index (κ2) is 11.7. The zero-order chi connectivity index (χ0) is 29.8. The van der Waals surface area contributed by atoms with Crippen LogP contribution in [0.3, 0.4) is 0 Å². The first-order valence-corrected chi connectivity index (χ1v) is 13.1. The van der Waals surface area contributed by atoms with E-state index < -0.39 is 35.0 Å². The first-order chi connectivity index (χ1) is 19.4. The molecular weight excluding hydrogens is 528 g/mol. The number of ether oxygens (including phenoxy) is 2. The van der Waals surface area contributed by atoms with E-state index in [9.17, 15) is 19.2 Å². The molecule has 12 nitrogen and oxygen atoms in total. The Kier molecular flexibility index (Phi) is 8.28. The molecule has 0 aromatic heterocycles. The molecule has 0 aliphatic carbocycles. The maximum atomic E-state index is 14.0. The van der Waals surface area contributed by atoms with Gasteiger partial charge in [0.2, 0.25) is 5.91 Å². The standard InChI is InChI=1S/C29H32N6O6/c1-28(2,41-27(31)39)25(37)32-22(17-40-21-11-9-20(16-30)10-12-21)24(36)35-14-13-23-29(18-35,26(38)34(3)33-23)15-19-7-5-4-6-8-19/h4-12,22H,13-15,17-18H2,1-3H3,(H2,31,39)(H,32,37)/t22-,29-/m1/s1. The third-order valence-corrected chi connectivity index (χ3v) is 7.17. The summed E-state index contributed by atoms with van der Waals surface area (Å²) >= 11 is 0. The van der Waals surface area contributed by atoms with E-state index in [2.05, 4.69) is 10.4 Å². The maximum Gasteiger partial charge on any atom is 0.405 e. The molecule has 2 aliphatic rings. The number of nitrogens with one attached hydrogen (secondary N) is 1. The van der Waals surface area contributed by atoms with Gasteiger partial charge in [0.05, 0.1) is 17.3 Å². The molecule has 2 aromatic carbocycles. The van der Waals surface area contributed by atoms with Crippen LogP contribution in [-0.2, 0) is 25.5 Å². The number of likely N-dealkylation sites (tertiary alicyclic amines) is 1. The summed E-state index contributed by atoms with van der Waals surface area (Å²) in [7, 11) is 1.60. The molecule has 0 unspecified atom stereocenters. The number of carbonyl (C=O) groups excluding carboxylic acids is 4. The molecule has 2 heterocycles. The van der Waals surface area contributed by atoms with Crippen molar-refractivity contribution in [2.24, 2.45) is 16.3 Å². The second-order valence-electron chi connectivity index (χ2n) is 10.5. The molecular formula is C29H32N6O6. The van der Waals surface area contributed by atoms with Gasteiger partial charge in [-0.1, -0.05) is 30.3 Å². The lowest BCUT2D eigenvalue weighted by Gasteiger charge is -2.40. The molecule has 2 aliphatic heterocycles. The summed E-state index contributed by atoms with van der Waals surface area (Å²) in [5, 5.41) is 17.5. The van der Waals surface area contributed by atoms with Crippen molar-refractivity contribution < 1.29 is 28.7 Å². The highest BCUT2D eigenvalue weighted by Gasteiger charge is 2.54. The Morgan fingerprint density at radius 2 is 1.85 bits per heavy atom. The Balaban J connectivity index is 1.59. The van der Waals surface area contributed by atoms with E-state index in [0.29, 0.717) is 29.9 Å². The van der Waals surface area contributed by atoms with Crippen molar-refractivity contribution in [1.29, 1.82) is 5.26 Å². The van der Waals surface area contributed by atoms with Crippen LogP contribution in [0, 0.1) is 16.7 Å². The summed E-state index contributed by atoms with van der Waals surface area (Å²) in [6, 6.07) is 16.6. The molecule has 4 amide bonds.